The molecule has 2 rings (SSSR count). The highest BCUT2D eigenvalue weighted by Gasteiger charge is 2.10. The smallest absolute Gasteiger partial charge is 0.0626 e. The minimum absolute atomic E-state index is 0.0360. The van der Waals surface area contributed by atoms with Crippen molar-refractivity contribution in [3.05, 3.63) is 53.3 Å². The van der Waals surface area contributed by atoms with E-state index in [1.54, 1.807) is 4.68 Å². The Morgan fingerprint density at radius 3 is 2.53 bits per heavy atom. The summed E-state index contributed by atoms with van der Waals surface area (Å²) in [6.07, 6.45) is 4.84. The van der Waals surface area contributed by atoms with Gasteiger partial charge in [0, 0.05) is 25.4 Å². The number of nitrogens with one attached hydrogen (secondary N) is 1. The molecule has 0 radical (unpaired) electrons. The Morgan fingerprint density at radius 2 is 2.00 bits per heavy atom. The first-order valence-corrected chi connectivity index (χ1v) is 6.63. The zero-order chi connectivity index (χ0) is 13.7. The summed E-state index contributed by atoms with van der Waals surface area (Å²) in [5.41, 5.74) is 3.54. The van der Waals surface area contributed by atoms with Crippen molar-refractivity contribution in [2.45, 2.75) is 25.9 Å². The topological polar surface area (TPSA) is 50.1 Å². The van der Waals surface area contributed by atoms with Gasteiger partial charge >= 0.3 is 0 Å². The highest BCUT2D eigenvalue weighted by molar-refractivity contribution is 5.25. The van der Waals surface area contributed by atoms with Crippen LogP contribution in [0, 0.1) is 0 Å². The van der Waals surface area contributed by atoms with Crippen LogP contribution in [0.2, 0.25) is 0 Å². The predicted molar refractivity (Wildman–Crippen MR) is 75.7 cm³/mol. The van der Waals surface area contributed by atoms with E-state index in [2.05, 4.69) is 41.6 Å². The van der Waals surface area contributed by atoms with Crippen LogP contribution in [0.1, 0.15) is 29.7 Å². The normalized spacial score (nSPS) is 12.6. The lowest BCUT2D eigenvalue weighted by Crippen LogP contribution is -2.23. The Hall–Kier alpha value is -1.65. The molecule has 2 aromatic rings. The number of benzene rings is 1. The summed E-state index contributed by atoms with van der Waals surface area (Å²) in [4.78, 5) is 0. The standard InChI is InChI=1S/C15H21N3O/c1-3-12-4-6-14(7-5-12)15(11-19)16-8-13-9-17-18(2)10-13/h4-7,9-10,15-16,19H,3,8,11H2,1-2H3. The third-order valence-electron chi connectivity index (χ3n) is 3.28. The van der Waals surface area contributed by atoms with Crippen LogP contribution in [-0.2, 0) is 20.0 Å². The van der Waals surface area contributed by atoms with Crippen molar-refractivity contribution in [2.75, 3.05) is 6.61 Å². The SMILES string of the molecule is CCc1ccc(C(CO)NCc2cnn(C)c2)cc1. The van der Waals surface area contributed by atoms with E-state index in [1.807, 2.05) is 19.4 Å². The molecule has 1 heterocycles. The van der Waals surface area contributed by atoms with Crippen LogP contribution in [0.4, 0.5) is 0 Å². The molecule has 0 bridgehead atoms. The Balaban J connectivity index is 1.98. The van der Waals surface area contributed by atoms with Crippen molar-refractivity contribution >= 4 is 0 Å². The van der Waals surface area contributed by atoms with E-state index in [9.17, 15) is 5.11 Å². The molecule has 1 aromatic heterocycles. The largest absolute Gasteiger partial charge is 0.394 e. The van der Waals surface area contributed by atoms with Gasteiger partial charge in [-0.15, -0.1) is 0 Å². The molecular formula is C15H21N3O. The lowest BCUT2D eigenvalue weighted by molar-refractivity contribution is 0.243. The van der Waals surface area contributed by atoms with Crippen LogP contribution in [-0.4, -0.2) is 21.5 Å². The maximum Gasteiger partial charge on any atom is 0.0626 e. The van der Waals surface area contributed by atoms with Crippen LogP contribution in [0.15, 0.2) is 36.7 Å². The van der Waals surface area contributed by atoms with E-state index in [-0.39, 0.29) is 12.6 Å². The molecule has 4 nitrogen and oxygen atoms in total. The average molecular weight is 259 g/mol. The van der Waals surface area contributed by atoms with E-state index in [0.717, 1.165) is 17.5 Å². The number of hydrogen-bond donors (Lipinski definition) is 2. The van der Waals surface area contributed by atoms with Crippen LogP contribution in [0.3, 0.4) is 0 Å². The van der Waals surface area contributed by atoms with Gasteiger partial charge in [0.15, 0.2) is 0 Å². The number of aliphatic hydroxyl groups is 1. The second kappa shape index (κ2) is 6.50. The quantitative estimate of drug-likeness (QED) is 0.832. The number of nitrogens with zero attached hydrogens (tertiary/aromatic N) is 2. The maximum absolute atomic E-state index is 9.51. The van der Waals surface area contributed by atoms with Gasteiger partial charge in [-0.2, -0.15) is 5.10 Å². The molecule has 19 heavy (non-hydrogen) atoms. The van der Waals surface area contributed by atoms with Gasteiger partial charge in [-0.1, -0.05) is 31.2 Å². The second-order valence-corrected chi connectivity index (χ2v) is 4.73. The molecule has 0 aliphatic carbocycles. The van der Waals surface area contributed by atoms with Gasteiger partial charge in [-0.25, -0.2) is 0 Å². The summed E-state index contributed by atoms with van der Waals surface area (Å²) in [6.45, 7) is 2.93. The third-order valence-corrected chi connectivity index (χ3v) is 3.28. The molecule has 0 saturated carbocycles. The monoisotopic (exact) mass is 259 g/mol. The van der Waals surface area contributed by atoms with Crippen molar-refractivity contribution < 1.29 is 5.11 Å². The van der Waals surface area contributed by atoms with E-state index >= 15 is 0 Å². The van der Waals surface area contributed by atoms with Crippen LogP contribution in [0.5, 0.6) is 0 Å². The van der Waals surface area contributed by atoms with Crippen LogP contribution >= 0.6 is 0 Å². The summed E-state index contributed by atoms with van der Waals surface area (Å²) in [5.74, 6) is 0. The third kappa shape index (κ3) is 3.66. The first kappa shape index (κ1) is 13.8. The van der Waals surface area contributed by atoms with E-state index in [0.29, 0.717) is 6.54 Å². The molecule has 2 N–H and O–H groups in total. The molecule has 0 saturated heterocycles. The molecule has 1 atom stereocenters. The molecule has 0 amide bonds. The summed E-state index contributed by atoms with van der Waals surface area (Å²) in [6, 6.07) is 8.35. The van der Waals surface area contributed by atoms with Gasteiger partial charge in [0.1, 0.15) is 0 Å². The Kier molecular flexibility index (Phi) is 4.71. The van der Waals surface area contributed by atoms with Gasteiger partial charge in [0.05, 0.1) is 18.8 Å². The van der Waals surface area contributed by atoms with Gasteiger partial charge < -0.3 is 10.4 Å². The lowest BCUT2D eigenvalue weighted by atomic mass is 10.0. The van der Waals surface area contributed by atoms with Crippen molar-refractivity contribution in [3.63, 3.8) is 0 Å². The first-order valence-electron chi connectivity index (χ1n) is 6.63. The molecule has 4 heteroatoms. The first-order chi connectivity index (χ1) is 9.22. The average Bonchev–Trinajstić information content (AvgIpc) is 2.86. The van der Waals surface area contributed by atoms with Crippen molar-refractivity contribution in [1.82, 2.24) is 15.1 Å². The lowest BCUT2D eigenvalue weighted by Gasteiger charge is -2.16. The number of aromatic nitrogens is 2. The maximum atomic E-state index is 9.51. The highest BCUT2D eigenvalue weighted by atomic mass is 16.3. The molecule has 0 fully saturated rings. The minimum atomic E-state index is -0.0360. The molecule has 102 valence electrons. The number of aliphatic hydroxyl groups excluding tert-OH is 1. The molecule has 1 unspecified atom stereocenters. The van der Waals surface area contributed by atoms with E-state index < -0.39 is 0 Å². The van der Waals surface area contributed by atoms with Crippen LogP contribution < -0.4 is 5.32 Å². The summed E-state index contributed by atoms with van der Waals surface area (Å²) < 4.78 is 1.78. The number of hydrogen-bond acceptors (Lipinski definition) is 3. The fourth-order valence-corrected chi connectivity index (χ4v) is 2.08. The molecule has 0 spiro atoms. The molecule has 1 aromatic carbocycles. The Bertz CT molecular complexity index is 504. The van der Waals surface area contributed by atoms with Crippen LogP contribution in [0.25, 0.3) is 0 Å². The number of rotatable bonds is 6. The van der Waals surface area contributed by atoms with Crippen molar-refractivity contribution in [1.29, 1.82) is 0 Å². The predicted octanol–water partition coefficient (Wildman–Crippen LogP) is 1.81. The molecule has 0 aliphatic rings. The molecular weight excluding hydrogens is 238 g/mol. The molecule has 0 aliphatic heterocycles. The van der Waals surface area contributed by atoms with E-state index in [4.69, 9.17) is 0 Å². The van der Waals surface area contributed by atoms with E-state index in [1.165, 1.54) is 5.56 Å². The highest BCUT2D eigenvalue weighted by Crippen LogP contribution is 2.14. The minimum Gasteiger partial charge on any atom is -0.394 e. The van der Waals surface area contributed by atoms with Gasteiger partial charge in [0.25, 0.3) is 0 Å². The second-order valence-electron chi connectivity index (χ2n) is 4.73. The zero-order valence-corrected chi connectivity index (χ0v) is 11.5. The van der Waals surface area contributed by atoms with Gasteiger partial charge in [-0.3, -0.25) is 4.68 Å². The number of aryl methyl sites for hydroxylation is 2. The Morgan fingerprint density at radius 1 is 1.26 bits per heavy atom. The van der Waals surface area contributed by atoms with Crippen molar-refractivity contribution in [2.24, 2.45) is 7.05 Å². The summed E-state index contributed by atoms with van der Waals surface area (Å²) in [5, 5.41) is 17.0. The van der Waals surface area contributed by atoms with Gasteiger partial charge in [0.2, 0.25) is 0 Å². The summed E-state index contributed by atoms with van der Waals surface area (Å²) in [7, 11) is 1.90. The fraction of sp³-hybridized carbons (Fsp3) is 0.400. The fourth-order valence-electron chi connectivity index (χ4n) is 2.08. The zero-order valence-electron chi connectivity index (χ0n) is 11.5. The summed E-state index contributed by atoms with van der Waals surface area (Å²) >= 11 is 0. The van der Waals surface area contributed by atoms with Gasteiger partial charge in [-0.05, 0) is 17.5 Å². The Labute approximate surface area is 114 Å². The van der Waals surface area contributed by atoms with Crippen molar-refractivity contribution in [3.8, 4) is 0 Å².